The fraction of sp³-hybridized carbons (Fsp3) is 0.900. The quantitative estimate of drug-likeness (QED) is 0.734. The van der Waals surface area contributed by atoms with E-state index >= 15 is 0 Å². The van der Waals surface area contributed by atoms with Gasteiger partial charge in [-0.15, -0.1) is 0 Å². The highest BCUT2D eigenvalue weighted by Crippen LogP contribution is 2.41. The van der Waals surface area contributed by atoms with Gasteiger partial charge in [0.2, 0.25) is 0 Å². The van der Waals surface area contributed by atoms with Gasteiger partial charge < -0.3 is 0 Å². The highest BCUT2D eigenvalue weighted by molar-refractivity contribution is 7.98. The van der Waals surface area contributed by atoms with E-state index in [0.29, 0.717) is 12.0 Å². The van der Waals surface area contributed by atoms with Gasteiger partial charge in [0, 0.05) is 11.8 Å². The second kappa shape index (κ2) is 4.34. The number of nitrogens with zero attached hydrogens (tertiary/aromatic N) is 1. The fourth-order valence-corrected chi connectivity index (χ4v) is 2.59. The van der Waals surface area contributed by atoms with Crippen molar-refractivity contribution >= 4 is 11.8 Å². The molecule has 0 saturated heterocycles. The minimum Gasteiger partial charge on any atom is -0.296 e. The molecule has 1 unspecified atom stereocenters. The van der Waals surface area contributed by atoms with Crippen molar-refractivity contribution in [3.8, 4) is 6.07 Å². The average molecular weight is 198 g/mol. The van der Waals surface area contributed by atoms with E-state index in [9.17, 15) is 5.26 Å². The van der Waals surface area contributed by atoms with Gasteiger partial charge in [0.25, 0.3) is 0 Å². The van der Waals surface area contributed by atoms with E-state index in [4.69, 9.17) is 0 Å². The molecule has 1 N–H and O–H groups in total. The van der Waals surface area contributed by atoms with Crippen LogP contribution in [0.25, 0.3) is 0 Å². The first-order chi connectivity index (χ1) is 6.14. The van der Waals surface area contributed by atoms with Crippen LogP contribution in [0.15, 0.2) is 0 Å². The van der Waals surface area contributed by atoms with E-state index in [1.54, 1.807) is 11.8 Å². The van der Waals surface area contributed by atoms with Gasteiger partial charge in [0.15, 0.2) is 0 Å². The Kier molecular flexibility index (Phi) is 3.63. The van der Waals surface area contributed by atoms with Gasteiger partial charge in [-0.2, -0.15) is 17.0 Å². The van der Waals surface area contributed by atoms with Crippen LogP contribution in [-0.2, 0) is 0 Å². The Morgan fingerprint density at radius 3 is 2.54 bits per heavy atom. The summed E-state index contributed by atoms with van der Waals surface area (Å²) in [5.74, 6) is 1.50. The third kappa shape index (κ3) is 2.62. The van der Waals surface area contributed by atoms with Gasteiger partial charge in [-0.25, -0.2) is 0 Å². The van der Waals surface area contributed by atoms with E-state index in [1.807, 2.05) is 0 Å². The molecular formula is C10H18N2S. The highest BCUT2D eigenvalue weighted by Gasteiger charge is 2.45. The smallest absolute Gasteiger partial charge is 0.118 e. The third-order valence-electron chi connectivity index (χ3n) is 2.39. The summed E-state index contributed by atoms with van der Waals surface area (Å²) in [4.78, 5) is 0. The predicted octanol–water partition coefficient (Wildman–Crippen LogP) is 2.02. The number of nitriles is 1. The van der Waals surface area contributed by atoms with E-state index in [-0.39, 0.29) is 5.54 Å². The first-order valence-corrected chi connectivity index (χ1v) is 6.22. The minimum atomic E-state index is -0.256. The molecular weight excluding hydrogens is 180 g/mol. The Morgan fingerprint density at radius 2 is 2.23 bits per heavy atom. The topological polar surface area (TPSA) is 35.8 Å². The molecule has 0 bridgehead atoms. The molecule has 0 amide bonds. The summed E-state index contributed by atoms with van der Waals surface area (Å²) in [6.45, 7) is 4.21. The van der Waals surface area contributed by atoms with Crippen LogP contribution in [0.5, 0.6) is 0 Å². The summed E-state index contributed by atoms with van der Waals surface area (Å²) in [5.41, 5.74) is -0.256. The van der Waals surface area contributed by atoms with Crippen molar-refractivity contribution in [1.82, 2.24) is 5.32 Å². The molecule has 0 aromatic carbocycles. The van der Waals surface area contributed by atoms with Gasteiger partial charge in [-0.05, 0) is 38.9 Å². The molecule has 0 radical (unpaired) electrons. The van der Waals surface area contributed by atoms with E-state index < -0.39 is 0 Å². The van der Waals surface area contributed by atoms with Crippen LogP contribution >= 0.6 is 11.8 Å². The maximum atomic E-state index is 9.24. The SMILES string of the molecule is CSCC(C#N)(NC(C)C)C1CC1. The van der Waals surface area contributed by atoms with Crippen LogP contribution < -0.4 is 5.32 Å². The molecule has 1 atom stereocenters. The summed E-state index contributed by atoms with van der Waals surface area (Å²) < 4.78 is 0. The lowest BCUT2D eigenvalue weighted by Gasteiger charge is -2.29. The van der Waals surface area contributed by atoms with Crippen LogP contribution in [0.2, 0.25) is 0 Å². The predicted molar refractivity (Wildman–Crippen MR) is 57.7 cm³/mol. The Bertz CT molecular complexity index is 205. The lowest BCUT2D eigenvalue weighted by Crippen LogP contribution is -2.51. The first-order valence-electron chi connectivity index (χ1n) is 4.82. The zero-order valence-corrected chi connectivity index (χ0v) is 9.45. The second-order valence-corrected chi connectivity index (χ2v) is 4.96. The number of thioether (sulfide) groups is 1. The molecule has 1 rings (SSSR count). The van der Waals surface area contributed by atoms with Crippen molar-refractivity contribution in [1.29, 1.82) is 5.26 Å². The third-order valence-corrected chi connectivity index (χ3v) is 3.14. The zero-order chi connectivity index (χ0) is 9.90. The number of nitrogens with one attached hydrogen (secondary N) is 1. The summed E-state index contributed by atoms with van der Waals surface area (Å²) in [6.07, 6.45) is 4.50. The van der Waals surface area contributed by atoms with Crippen LogP contribution in [0.3, 0.4) is 0 Å². The van der Waals surface area contributed by atoms with Crippen molar-refractivity contribution in [2.24, 2.45) is 5.92 Å². The molecule has 0 spiro atoms. The molecule has 0 aromatic heterocycles. The van der Waals surface area contributed by atoms with E-state index in [0.717, 1.165) is 5.75 Å². The van der Waals surface area contributed by atoms with Crippen LogP contribution in [0.1, 0.15) is 26.7 Å². The van der Waals surface area contributed by atoms with Crippen molar-refractivity contribution in [2.75, 3.05) is 12.0 Å². The average Bonchev–Trinajstić information content (AvgIpc) is 2.85. The highest BCUT2D eigenvalue weighted by atomic mass is 32.2. The maximum Gasteiger partial charge on any atom is 0.118 e. The molecule has 13 heavy (non-hydrogen) atoms. The van der Waals surface area contributed by atoms with E-state index in [2.05, 4.69) is 31.5 Å². The summed E-state index contributed by atoms with van der Waals surface area (Å²) in [5, 5.41) is 12.7. The molecule has 0 aromatic rings. The first kappa shape index (κ1) is 10.9. The fourth-order valence-electron chi connectivity index (χ4n) is 1.75. The molecule has 3 heteroatoms. The normalized spacial score (nSPS) is 21.2. The van der Waals surface area contributed by atoms with Gasteiger partial charge in [-0.1, -0.05) is 0 Å². The standard InChI is InChI=1S/C10H18N2S/c1-8(2)12-10(6-11,7-13-3)9-4-5-9/h8-9,12H,4-5,7H2,1-3H3. The van der Waals surface area contributed by atoms with Gasteiger partial charge in [0.05, 0.1) is 6.07 Å². The second-order valence-electron chi connectivity index (χ2n) is 4.09. The Balaban J connectivity index is 2.65. The number of hydrogen-bond acceptors (Lipinski definition) is 3. The maximum absolute atomic E-state index is 9.24. The molecule has 0 aliphatic heterocycles. The Hall–Kier alpha value is -0.200. The molecule has 1 aliphatic rings. The number of rotatable bonds is 5. The van der Waals surface area contributed by atoms with Crippen LogP contribution in [0.4, 0.5) is 0 Å². The van der Waals surface area contributed by atoms with Crippen molar-refractivity contribution in [2.45, 2.75) is 38.3 Å². The monoisotopic (exact) mass is 198 g/mol. The zero-order valence-electron chi connectivity index (χ0n) is 8.63. The van der Waals surface area contributed by atoms with Crippen LogP contribution in [0, 0.1) is 17.2 Å². The minimum absolute atomic E-state index is 0.256. The van der Waals surface area contributed by atoms with Crippen molar-refractivity contribution in [3.63, 3.8) is 0 Å². The van der Waals surface area contributed by atoms with Gasteiger partial charge in [0.1, 0.15) is 5.54 Å². The molecule has 1 saturated carbocycles. The van der Waals surface area contributed by atoms with Gasteiger partial charge >= 0.3 is 0 Å². The number of hydrogen-bond donors (Lipinski definition) is 1. The van der Waals surface area contributed by atoms with Crippen molar-refractivity contribution < 1.29 is 0 Å². The van der Waals surface area contributed by atoms with E-state index in [1.165, 1.54) is 12.8 Å². The molecule has 2 nitrogen and oxygen atoms in total. The summed E-state index contributed by atoms with van der Waals surface area (Å²) >= 11 is 1.76. The Morgan fingerprint density at radius 1 is 1.62 bits per heavy atom. The largest absolute Gasteiger partial charge is 0.296 e. The van der Waals surface area contributed by atoms with Crippen molar-refractivity contribution in [3.05, 3.63) is 0 Å². The molecule has 1 fully saturated rings. The molecule has 0 heterocycles. The summed E-state index contributed by atoms with van der Waals surface area (Å²) in [7, 11) is 0. The lowest BCUT2D eigenvalue weighted by molar-refractivity contribution is 0.371. The summed E-state index contributed by atoms with van der Waals surface area (Å²) in [6, 6.07) is 2.87. The molecule has 1 aliphatic carbocycles. The van der Waals surface area contributed by atoms with Gasteiger partial charge in [-0.3, -0.25) is 5.32 Å². The molecule has 74 valence electrons. The van der Waals surface area contributed by atoms with Crippen LogP contribution in [-0.4, -0.2) is 23.6 Å². The lowest BCUT2D eigenvalue weighted by atomic mass is 9.96. The Labute approximate surface area is 85.1 Å².